The number of benzene rings is 9. The van der Waals surface area contributed by atoms with Crippen LogP contribution in [0, 0.1) is 20.8 Å². The molecule has 2 heterocycles. The molecule has 2 aromatic heterocycles. The largest absolute Gasteiger partial charge is 0.456 e. The molecule has 0 aliphatic heterocycles. The Morgan fingerprint density at radius 3 is 1.40 bits per heavy atom. The molecule has 4 aliphatic carbocycles. The summed E-state index contributed by atoms with van der Waals surface area (Å²) in [6.45, 7) is 26.3. The Kier molecular flexibility index (Phi) is 17.2. The van der Waals surface area contributed by atoms with Gasteiger partial charge >= 0.3 is 0 Å². The highest BCUT2D eigenvalue weighted by atomic mass is 16.3. The molecule has 9 aromatic carbocycles. The summed E-state index contributed by atoms with van der Waals surface area (Å²) in [4.78, 5) is 2.71. The van der Waals surface area contributed by atoms with E-state index in [1.807, 2.05) is 0 Å². The van der Waals surface area contributed by atoms with Crippen LogP contribution in [0.3, 0.4) is 0 Å². The Morgan fingerprint density at radius 2 is 0.792 bits per heavy atom. The summed E-state index contributed by atoms with van der Waals surface area (Å²) in [6, 6.07) is 57.7. The third kappa shape index (κ3) is 10.2. The predicted octanol–water partition coefficient (Wildman–Crippen LogP) is 28.5. The van der Waals surface area contributed by atoms with Crippen molar-refractivity contribution in [3.63, 3.8) is 0 Å². The predicted molar refractivity (Wildman–Crippen MR) is 411 cm³/mol. The molecule has 15 rings (SSSR count). The number of unbranched alkanes of at least 4 members (excludes halogenated alkanes) is 16. The first-order valence-corrected chi connectivity index (χ1v) is 38.2. The van der Waals surface area contributed by atoms with Crippen LogP contribution in [0.15, 0.2) is 154 Å². The third-order valence-corrected chi connectivity index (χ3v) is 24.4. The minimum Gasteiger partial charge on any atom is -0.456 e. The molecule has 0 saturated heterocycles. The lowest BCUT2D eigenvalue weighted by atomic mass is 9.62. The van der Waals surface area contributed by atoms with Gasteiger partial charge in [0, 0.05) is 60.1 Å². The first-order chi connectivity index (χ1) is 46.7. The summed E-state index contributed by atoms with van der Waals surface area (Å²) in [5, 5.41) is 5.03. The summed E-state index contributed by atoms with van der Waals surface area (Å²) in [5.41, 5.74) is 34.1. The fourth-order valence-electron chi connectivity index (χ4n) is 19.9. The maximum Gasteiger partial charge on any atom is 0.144 e. The molecule has 3 heteroatoms. The first-order valence-electron chi connectivity index (χ1n) is 38.2. The maximum atomic E-state index is 7.58. The molecule has 3 nitrogen and oxygen atoms in total. The normalized spacial score (nSPS) is 15.3. The summed E-state index contributed by atoms with van der Waals surface area (Å²) < 4.78 is 14.2. The third-order valence-electron chi connectivity index (χ3n) is 24.4. The zero-order valence-electron chi connectivity index (χ0n) is 60.1. The van der Waals surface area contributed by atoms with Gasteiger partial charge in [-0.15, -0.1) is 0 Å². The minimum atomic E-state index is -0.280. The van der Waals surface area contributed by atoms with E-state index in [2.05, 4.69) is 227 Å². The average Bonchev–Trinajstić information content (AvgIpc) is 1.50. The van der Waals surface area contributed by atoms with Crippen LogP contribution in [-0.4, -0.2) is 0 Å². The summed E-state index contributed by atoms with van der Waals surface area (Å²) in [6.07, 6.45) is 30.0. The Hall–Kier alpha value is -7.62. The zero-order chi connectivity index (χ0) is 66.3. The second-order valence-corrected chi connectivity index (χ2v) is 31.4. The summed E-state index contributed by atoms with van der Waals surface area (Å²) >= 11 is 0. The molecule has 0 atom stereocenters. The van der Waals surface area contributed by atoms with Gasteiger partial charge in [-0.3, -0.25) is 0 Å². The van der Waals surface area contributed by atoms with Gasteiger partial charge in [0.15, 0.2) is 0 Å². The topological polar surface area (TPSA) is 29.5 Å². The van der Waals surface area contributed by atoms with Gasteiger partial charge in [0.1, 0.15) is 22.3 Å². The van der Waals surface area contributed by atoms with E-state index >= 15 is 0 Å². The maximum absolute atomic E-state index is 7.58. The van der Waals surface area contributed by atoms with Crippen molar-refractivity contribution >= 4 is 60.9 Å². The molecule has 494 valence electrons. The van der Waals surface area contributed by atoms with Crippen LogP contribution < -0.4 is 4.90 Å². The van der Waals surface area contributed by atoms with Gasteiger partial charge in [-0.25, -0.2) is 0 Å². The molecule has 0 bridgehead atoms. The number of anilines is 3. The number of hydrogen-bond donors (Lipinski definition) is 0. The number of aryl methyl sites for hydroxylation is 3. The van der Waals surface area contributed by atoms with E-state index in [-0.39, 0.29) is 21.7 Å². The second-order valence-electron chi connectivity index (χ2n) is 31.4. The molecular formula is C93H105NO2. The lowest BCUT2D eigenvalue weighted by Crippen LogP contribution is -2.33. The van der Waals surface area contributed by atoms with Crippen molar-refractivity contribution in [2.24, 2.45) is 0 Å². The quantitative estimate of drug-likeness (QED) is 0.0481. The Balaban J connectivity index is 0.965. The molecule has 0 N–H and O–H groups in total. The van der Waals surface area contributed by atoms with E-state index in [0.29, 0.717) is 0 Å². The SMILES string of the molecule is CCCCCCCC1(CCCCCCC)c2ccccc2-c2c1c1c(c3c2oc2ccccc23)-c2ccc(N(c3ccc4c(c3)C(C)(C)c3cc5c(cc3-4)C(C)(C)c3ccc4oc6ccccc6c4c3-5)c3c(C)cc(C)cc3C)cc2C1(CCCCCCC)CCCCCCC. The Labute approximate surface area is 574 Å². The van der Waals surface area contributed by atoms with Gasteiger partial charge in [-0.05, 0) is 196 Å². The Morgan fingerprint density at radius 1 is 0.333 bits per heavy atom. The van der Waals surface area contributed by atoms with E-state index in [9.17, 15) is 0 Å². The van der Waals surface area contributed by atoms with Crippen molar-refractivity contribution in [3.05, 3.63) is 207 Å². The first kappa shape index (κ1) is 64.4. The van der Waals surface area contributed by atoms with Crippen molar-refractivity contribution in [3.8, 4) is 44.5 Å². The van der Waals surface area contributed by atoms with Gasteiger partial charge in [0.25, 0.3) is 0 Å². The number of nitrogens with zero attached hydrogens (tertiary/aromatic N) is 1. The van der Waals surface area contributed by atoms with E-state index in [1.54, 1.807) is 22.3 Å². The molecule has 96 heavy (non-hydrogen) atoms. The van der Waals surface area contributed by atoms with Crippen LogP contribution in [0.5, 0.6) is 0 Å². The van der Waals surface area contributed by atoms with Crippen LogP contribution in [0.1, 0.15) is 271 Å². The molecule has 0 unspecified atom stereocenters. The number of hydrogen-bond acceptors (Lipinski definition) is 3. The smallest absolute Gasteiger partial charge is 0.144 e. The fraction of sp³-hybridized carbons (Fsp3) is 0.419. The molecule has 11 aromatic rings. The van der Waals surface area contributed by atoms with Crippen molar-refractivity contribution in [2.75, 3.05) is 4.90 Å². The molecular weight excluding hydrogens is 1160 g/mol. The average molecular weight is 1270 g/mol. The number of para-hydroxylation sites is 2. The monoisotopic (exact) mass is 1270 g/mol. The molecule has 0 spiro atoms. The fourth-order valence-corrected chi connectivity index (χ4v) is 19.9. The van der Waals surface area contributed by atoms with E-state index < -0.39 is 0 Å². The standard InChI is InChI=1S/C93H105NO2/c1-12-16-20-24-34-50-92(51-35-25-21-17-13-2)72-41-31-28-38-66(72)85-87(92)86-83(84-69-40-30-33-43-79(69)96-89(84)85)67-47-45-64(57-77(67)93(86,52-36-26-22-18-14-3)53-37-27-23-19-15-4)94(88-61(6)54-60(5)55-62(88)7)63-44-46-65-70-58-76-71(59-75(70)91(10,11)74(65)56-63)81-73(90(76,8)9)48-49-80-82(81)68-39-29-32-42-78(68)95-80/h28-33,38-49,54-59H,12-27,34-37,50-53H2,1-11H3. The van der Waals surface area contributed by atoms with E-state index in [1.165, 1.54) is 263 Å². The number of fused-ring (bicyclic) bond motifs is 22. The van der Waals surface area contributed by atoms with Crippen molar-refractivity contribution in [1.29, 1.82) is 0 Å². The minimum absolute atomic E-state index is 0.141. The Bertz CT molecular complexity index is 4730. The highest BCUT2D eigenvalue weighted by Crippen LogP contribution is 2.68. The lowest BCUT2D eigenvalue weighted by molar-refractivity contribution is 0.369. The van der Waals surface area contributed by atoms with Crippen molar-refractivity contribution in [2.45, 2.75) is 252 Å². The van der Waals surface area contributed by atoms with Gasteiger partial charge < -0.3 is 13.7 Å². The van der Waals surface area contributed by atoms with Gasteiger partial charge in [0.2, 0.25) is 0 Å². The van der Waals surface area contributed by atoms with E-state index in [4.69, 9.17) is 8.83 Å². The molecule has 0 radical (unpaired) electrons. The van der Waals surface area contributed by atoms with Crippen LogP contribution in [0.4, 0.5) is 17.1 Å². The van der Waals surface area contributed by atoms with Crippen molar-refractivity contribution < 1.29 is 8.83 Å². The highest BCUT2D eigenvalue weighted by molar-refractivity contribution is 6.21. The summed E-state index contributed by atoms with van der Waals surface area (Å²) in [5.74, 6) is 0. The zero-order valence-corrected chi connectivity index (χ0v) is 60.1. The van der Waals surface area contributed by atoms with Gasteiger partial charge in [-0.1, -0.05) is 280 Å². The van der Waals surface area contributed by atoms with Gasteiger partial charge in [0.05, 0.1) is 5.69 Å². The van der Waals surface area contributed by atoms with E-state index in [0.717, 1.165) is 35.2 Å². The van der Waals surface area contributed by atoms with Crippen LogP contribution in [0.2, 0.25) is 0 Å². The molecule has 0 fully saturated rings. The number of furan rings is 2. The van der Waals surface area contributed by atoms with Crippen LogP contribution >= 0.6 is 0 Å². The number of rotatable bonds is 27. The van der Waals surface area contributed by atoms with Crippen molar-refractivity contribution in [1.82, 2.24) is 0 Å². The van der Waals surface area contributed by atoms with Gasteiger partial charge in [-0.2, -0.15) is 0 Å². The second kappa shape index (κ2) is 25.7. The van der Waals surface area contributed by atoms with Crippen LogP contribution in [0.25, 0.3) is 88.4 Å². The highest BCUT2D eigenvalue weighted by Gasteiger charge is 2.54. The lowest BCUT2D eigenvalue weighted by Gasteiger charge is -2.40. The molecule has 0 saturated carbocycles. The summed E-state index contributed by atoms with van der Waals surface area (Å²) in [7, 11) is 0. The molecule has 0 amide bonds. The molecule has 4 aliphatic rings. The van der Waals surface area contributed by atoms with Crippen LogP contribution in [-0.2, 0) is 21.7 Å².